The van der Waals surface area contributed by atoms with E-state index in [1.807, 2.05) is 30.3 Å². The molecule has 0 saturated carbocycles. The molecule has 0 radical (unpaired) electrons. The summed E-state index contributed by atoms with van der Waals surface area (Å²) in [7, 11) is 3.12. The SMILES string of the molecule is COC(=O)CCCN1CCCC1CCc1ncnc2oc(-c3ccccc3)c(-c3ccc(OC)cc3)c12. The van der Waals surface area contributed by atoms with Crippen LogP contribution in [0, 0.1) is 0 Å². The zero-order valence-corrected chi connectivity index (χ0v) is 21.5. The van der Waals surface area contributed by atoms with Crippen molar-refractivity contribution < 1.29 is 18.7 Å². The Kier molecular flexibility index (Phi) is 7.80. The van der Waals surface area contributed by atoms with Gasteiger partial charge < -0.3 is 18.8 Å². The summed E-state index contributed by atoms with van der Waals surface area (Å²) in [6.45, 7) is 1.99. The van der Waals surface area contributed by atoms with E-state index in [9.17, 15) is 4.79 Å². The van der Waals surface area contributed by atoms with Crippen molar-refractivity contribution in [3.8, 4) is 28.2 Å². The van der Waals surface area contributed by atoms with E-state index in [4.69, 9.17) is 18.9 Å². The van der Waals surface area contributed by atoms with Gasteiger partial charge in [-0.2, -0.15) is 0 Å². The maximum Gasteiger partial charge on any atom is 0.305 e. The molecule has 1 fully saturated rings. The third-order valence-electron chi connectivity index (χ3n) is 7.25. The second-order valence-corrected chi connectivity index (χ2v) is 9.45. The molecular formula is C30H33N3O4. The van der Waals surface area contributed by atoms with Crippen LogP contribution in [-0.4, -0.2) is 54.2 Å². The van der Waals surface area contributed by atoms with Crippen molar-refractivity contribution in [2.45, 2.75) is 44.6 Å². The lowest BCUT2D eigenvalue weighted by molar-refractivity contribution is -0.140. The Morgan fingerprint density at radius 2 is 1.86 bits per heavy atom. The summed E-state index contributed by atoms with van der Waals surface area (Å²) < 4.78 is 16.6. The maximum atomic E-state index is 11.5. The lowest BCUT2D eigenvalue weighted by Crippen LogP contribution is -2.31. The second-order valence-electron chi connectivity index (χ2n) is 9.45. The Morgan fingerprint density at radius 3 is 2.62 bits per heavy atom. The molecule has 0 amide bonds. The monoisotopic (exact) mass is 499 g/mol. The molecule has 0 bridgehead atoms. The number of carbonyl (C=O) groups excluding carboxylic acids is 1. The number of likely N-dealkylation sites (tertiary alicyclic amines) is 1. The van der Waals surface area contributed by atoms with Crippen molar-refractivity contribution >= 4 is 17.1 Å². The zero-order valence-electron chi connectivity index (χ0n) is 21.5. The van der Waals surface area contributed by atoms with Crippen LogP contribution >= 0.6 is 0 Å². The van der Waals surface area contributed by atoms with Crippen molar-refractivity contribution in [2.24, 2.45) is 0 Å². The van der Waals surface area contributed by atoms with Crippen molar-refractivity contribution in [1.29, 1.82) is 0 Å². The molecule has 2 aromatic carbocycles. The lowest BCUT2D eigenvalue weighted by atomic mass is 9.96. The Hall–Kier alpha value is -3.71. The second kappa shape index (κ2) is 11.6. The minimum absolute atomic E-state index is 0.139. The number of fused-ring (bicyclic) bond motifs is 1. The summed E-state index contributed by atoms with van der Waals surface area (Å²) in [6, 6.07) is 18.7. The molecule has 1 atom stereocenters. The largest absolute Gasteiger partial charge is 0.497 e. The van der Waals surface area contributed by atoms with Gasteiger partial charge in [0.25, 0.3) is 0 Å². The number of hydrogen-bond donors (Lipinski definition) is 0. The van der Waals surface area contributed by atoms with Crippen LogP contribution in [0.2, 0.25) is 0 Å². The van der Waals surface area contributed by atoms with E-state index in [-0.39, 0.29) is 5.97 Å². The summed E-state index contributed by atoms with van der Waals surface area (Å²) >= 11 is 0. The number of benzene rings is 2. The average molecular weight is 500 g/mol. The lowest BCUT2D eigenvalue weighted by Gasteiger charge is -2.24. The third-order valence-corrected chi connectivity index (χ3v) is 7.25. The average Bonchev–Trinajstić information content (AvgIpc) is 3.57. The van der Waals surface area contributed by atoms with Crippen LogP contribution < -0.4 is 4.74 Å². The summed E-state index contributed by atoms with van der Waals surface area (Å²) in [5.41, 5.74) is 4.67. The van der Waals surface area contributed by atoms with E-state index in [2.05, 4.69) is 34.1 Å². The minimum atomic E-state index is -0.139. The number of ether oxygens (including phenoxy) is 2. The topological polar surface area (TPSA) is 77.7 Å². The van der Waals surface area contributed by atoms with Gasteiger partial charge in [-0.1, -0.05) is 42.5 Å². The molecule has 37 heavy (non-hydrogen) atoms. The number of carbonyl (C=O) groups is 1. The van der Waals surface area contributed by atoms with Gasteiger partial charge in [-0.15, -0.1) is 0 Å². The van der Waals surface area contributed by atoms with Gasteiger partial charge in [0.1, 0.15) is 17.8 Å². The van der Waals surface area contributed by atoms with Gasteiger partial charge in [-0.3, -0.25) is 4.79 Å². The Morgan fingerprint density at radius 1 is 1.05 bits per heavy atom. The molecule has 7 heteroatoms. The number of rotatable bonds is 10. The van der Waals surface area contributed by atoms with Gasteiger partial charge in [0.15, 0.2) is 0 Å². The van der Waals surface area contributed by atoms with Crippen molar-refractivity contribution in [2.75, 3.05) is 27.3 Å². The summed E-state index contributed by atoms with van der Waals surface area (Å²) in [5, 5.41) is 0.974. The molecule has 0 aliphatic carbocycles. The van der Waals surface area contributed by atoms with Crippen molar-refractivity contribution in [3.05, 3.63) is 66.6 Å². The third kappa shape index (κ3) is 5.52. The highest BCUT2D eigenvalue weighted by Crippen LogP contribution is 2.42. The number of methoxy groups -OCH3 is 2. The van der Waals surface area contributed by atoms with Gasteiger partial charge in [0.2, 0.25) is 5.71 Å². The highest BCUT2D eigenvalue weighted by Gasteiger charge is 2.26. The molecule has 4 aromatic rings. The van der Waals surface area contributed by atoms with E-state index < -0.39 is 0 Å². The zero-order chi connectivity index (χ0) is 25.6. The fourth-order valence-electron chi connectivity index (χ4n) is 5.36. The minimum Gasteiger partial charge on any atom is -0.497 e. The van der Waals surface area contributed by atoms with Crippen LogP contribution in [0.15, 0.2) is 65.3 Å². The maximum absolute atomic E-state index is 11.5. The fourth-order valence-corrected chi connectivity index (χ4v) is 5.36. The smallest absolute Gasteiger partial charge is 0.305 e. The molecule has 5 rings (SSSR count). The van der Waals surface area contributed by atoms with Gasteiger partial charge in [0, 0.05) is 23.6 Å². The predicted octanol–water partition coefficient (Wildman–Crippen LogP) is 5.92. The summed E-state index contributed by atoms with van der Waals surface area (Å²) in [4.78, 5) is 23.3. The first-order chi connectivity index (χ1) is 18.2. The van der Waals surface area contributed by atoms with Crippen LogP contribution in [0.3, 0.4) is 0 Å². The Labute approximate surface area is 217 Å². The molecule has 1 aliphatic heterocycles. The first-order valence-corrected chi connectivity index (χ1v) is 12.9. The van der Waals surface area contributed by atoms with Gasteiger partial charge in [-0.25, -0.2) is 9.97 Å². The number of hydrogen-bond acceptors (Lipinski definition) is 7. The fraction of sp³-hybridized carbons (Fsp3) is 0.367. The van der Waals surface area contributed by atoms with E-state index in [0.717, 1.165) is 71.6 Å². The molecule has 0 spiro atoms. The number of nitrogens with zero attached hydrogens (tertiary/aromatic N) is 3. The van der Waals surface area contributed by atoms with E-state index in [0.29, 0.717) is 18.2 Å². The highest BCUT2D eigenvalue weighted by atomic mass is 16.5. The predicted molar refractivity (Wildman–Crippen MR) is 143 cm³/mol. The molecule has 1 saturated heterocycles. The molecule has 192 valence electrons. The first-order valence-electron chi connectivity index (χ1n) is 12.9. The highest BCUT2D eigenvalue weighted by molar-refractivity contribution is 6.01. The number of aryl methyl sites for hydroxylation is 1. The van der Waals surface area contributed by atoms with Crippen LogP contribution in [0.4, 0.5) is 0 Å². The van der Waals surface area contributed by atoms with Crippen molar-refractivity contribution in [3.63, 3.8) is 0 Å². The summed E-state index contributed by atoms with van der Waals surface area (Å²) in [6.07, 6.45) is 7.07. The first kappa shape index (κ1) is 25.0. The van der Waals surface area contributed by atoms with Crippen LogP contribution in [-0.2, 0) is 16.0 Å². The molecule has 0 N–H and O–H groups in total. The Bertz CT molecular complexity index is 1330. The number of furan rings is 1. The van der Waals surface area contributed by atoms with Gasteiger partial charge >= 0.3 is 5.97 Å². The normalized spacial score (nSPS) is 15.8. The van der Waals surface area contributed by atoms with Crippen LogP contribution in [0.25, 0.3) is 33.6 Å². The molecule has 1 aliphatic rings. The van der Waals surface area contributed by atoms with E-state index >= 15 is 0 Å². The van der Waals surface area contributed by atoms with Crippen molar-refractivity contribution in [1.82, 2.24) is 14.9 Å². The molecule has 2 aromatic heterocycles. The standard InChI is InChI=1S/C30H33N3O4/c1-35-24-15-12-21(13-16-24)27-28-25(17-14-23-10-6-18-33(23)19-7-11-26(34)36-2)31-20-32-30(28)37-29(27)22-8-4-3-5-9-22/h3-5,8-9,12-13,15-16,20,23H,6-7,10-11,14,17-19H2,1-2H3. The number of esters is 1. The molecule has 1 unspecified atom stereocenters. The van der Waals surface area contributed by atoms with Crippen LogP contribution in [0.5, 0.6) is 5.75 Å². The number of aromatic nitrogens is 2. The molecular weight excluding hydrogens is 466 g/mol. The Balaban J connectivity index is 1.45. The van der Waals surface area contributed by atoms with Gasteiger partial charge in [0.05, 0.1) is 25.3 Å². The van der Waals surface area contributed by atoms with E-state index in [1.54, 1.807) is 13.4 Å². The van der Waals surface area contributed by atoms with Crippen LogP contribution in [0.1, 0.15) is 37.8 Å². The van der Waals surface area contributed by atoms with E-state index in [1.165, 1.54) is 20.0 Å². The quantitative estimate of drug-likeness (QED) is 0.251. The summed E-state index contributed by atoms with van der Waals surface area (Å²) in [5.74, 6) is 1.47. The molecule has 7 nitrogen and oxygen atoms in total. The van der Waals surface area contributed by atoms with Gasteiger partial charge in [-0.05, 0) is 62.9 Å². The molecule has 3 heterocycles.